The van der Waals surface area contributed by atoms with E-state index in [0.29, 0.717) is 18.1 Å². The van der Waals surface area contributed by atoms with Crippen LogP contribution in [0.3, 0.4) is 0 Å². The highest BCUT2D eigenvalue weighted by molar-refractivity contribution is 7.80. The van der Waals surface area contributed by atoms with Crippen molar-refractivity contribution in [2.24, 2.45) is 5.41 Å². The Hall–Kier alpha value is -3.52. The fourth-order valence-corrected chi connectivity index (χ4v) is 4.19. The zero-order valence-corrected chi connectivity index (χ0v) is 23.2. The van der Waals surface area contributed by atoms with Gasteiger partial charge in [0.2, 0.25) is 0 Å². The Balaban J connectivity index is 2.33. The number of esters is 3. The molecule has 38 heavy (non-hydrogen) atoms. The molecular formula is C30H37NO6S. The van der Waals surface area contributed by atoms with Crippen molar-refractivity contribution in [3.63, 3.8) is 0 Å². The van der Waals surface area contributed by atoms with Gasteiger partial charge in [-0.1, -0.05) is 79.0 Å². The summed E-state index contributed by atoms with van der Waals surface area (Å²) in [4.78, 5) is 41.0. The maximum Gasteiger partial charge on any atom is 0.330 e. The average molecular weight is 540 g/mol. The van der Waals surface area contributed by atoms with Gasteiger partial charge in [0.05, 0.1) is 24.8 Å². The minimum Gasteiger partial charge on any atom is -0.465 e. The Labute approximate surface area is 230 Å². The zero-order chi connectivity index (χ0) is 27.8. The summed E-state index contributed by atoms with van der Waals surface area (Å²) in [6.45, 7) is 6.61. The second-order valence-corrected chi connectivity index (χ2v) is 9.07. The topological polar surface area (TPSA) is 82.1 Å². The first-order chi connectivity index (χ1) is 18.4. The second kappa shape index (κ2) is 16.3. The van der Waals surface area contributed by atoms with Crippen molar-refractivity contribution in [2.45, 2.75) is 53.1 Å². The van der Waals surface area contributed by atoms with Gasteiger partial charge >= 0.3 is 17.9 Å². The lowest BCUT2D eigenvalue weighted by Gasteiger charge is -2.31. The summed E-state index contributed by atoms with van der Waals surface area (Å²) in [5.74, 6) is -1.96. The van der Waals surface area contributed by atoms with Crippen LogP contribution >= 0.6 is 12.2 Å². The molecule has 2 rings (SSSR count). The van der Waals surface area contributed by atoms with Crippen LogP contribution in [0.2, 0.25) is 0 Å². The van der Waals surface area contributed by atoms with E-state index in [1.165, 1.54) is 12.2 Å². The van der Waals surface area contributed by atoms with E-state index in [9.17, 15) is 14.4 Å². The number of hydrogen-bond donors (Lipinski definition) is 0. The van der Waals surface area contributed by atoms with Crippen molar-refractivity contribution >= 4 is 35.1 Å². The standard InChI is InChI=1S/C30H37NO6S/c1-4-35-27(32)18-13-20-30(28(33)36-5-2,29(34)37-6-3)21-19-26(38)31(22-24-14-9-7-10-15-24)23-25-16-11-8-12-17-25/h7-18H,4-6,19-23H2,1-3H3/b18-13-. The van der Waals surface area contributed by atoms with E-state index in [0.717, 1.165) is 11.1 Å². The number of carbonyl (C=O) groups is 3. The van der Waals surface area contributed by atoms with Crippen LogP contribution in [-0.4, -0.2) is 47.6 Å². The first kappa shape index (κ1) is 30.7. The highest BCUT2D eigenvalue weighted by Crippen LogP contribution is 2.34. The number of carbonyl (C=O) groups excluding carboxylic acids is 3. The Morgan fingerprint density at radius 2 is 1.26 bits per heavy atom. The van der Waals surface area contributed by atoms with Crippen molar-refractivity contribution in [2.75, 3.05) is 19.8 Å². The predicted octanol–water partition coefficient (Wildman–Crippen LogP) is 5.42. The summed E-state index contributed by atoms with van der Waals surface area (Å²) in [6.07, 6.45) is 2.92. The lowest BCUT2D eigenvalue weighted by molar-refractivity contribution is -0.172. The second-order valence-electron chi connectivity index (χ2n) is 8.60. The minimum absolute atomic E-state index is 0.0662. The first-order valence-electron chi connectivity index (χ1n) is 12.9. The number of thiocarbonyl (C=S) groups is 1. The molecule has 204 valence electrons. The van der Waals surface area contributed by atoms with Gasteiger partial charge in [-0.05, 0) is 51.2 Å². The van der Waals surface area contributed by atoms with Crippen molar-refractivity contribution in [1.82, 2.24) is 4.90 Å². The van der Waals surface area contributed by atoms with Gasteiger partial charge in [-0.15, -0.1) is 0 Å². The molecule has 0 saturated heterocycles. The van der Waals surface area contributed by atoms with Crippen molar-refractivity contribution in [3.05, 3.63) is 83.9 Å². The maximum atomic E-state index is 13.2. The summed E-state index contributed by atoms with van der Waals surface area (Å²) in [6, 6.07) is 19.9. The lowest BCUT2D eigenvalue weighted by Crippen LogP contribution is -2.43. The fourth-order valence-electron chi connectivity index (χ4n) is 3.96. The number of hydrogen-bond acceptors (Lipinski definition) is 7. The summed E-state index contributed by atoms with van der Waals surface area (Å²) in [5, 5.41) is 0. The number of nitrogens with zero attached hydrogens (tertiary/aromatic N) is 1. The minimum atomic E-state index is -1.65. The van der Waals surface area contributed by atoms with Crippen LogP contribution in [0.15, 0.2) is 72.8 Å². The molecule has 2 aromatic carbocycles. The van der Waals surface area contributed by atoms with Crippen LogP contribution in [-0.2, 0) is 41.7 Å². The largest absolute Gasteiger partial charge is 0.465 e. The highest BCUT2D eigenvalue weighted by Gasteiger charge is 2.48. The quantitative estimate of drug-likeness (QED) is 0.0976. The van der Waals surface area contributed by atoms with E-state index in [1.54, 1.807) is 20.8 Å². The molecule has 0 saturated carbocycles. The third-order valence-corrected chi connectivity index (χ3v) is 6.35. The van der Waals surface area contributed by atoms with Gasteiger partial charge in [-0.25, -0.2) is 4.79 Å². The first-order valence-corrected chi connectivity index (χ1v) is 13.3. The van der Waals surface area contributed by atoms with Crippen LogP contribution in [0.1, 0.15) is 51.2 Å². The van der Waals surface area contributed by atoms with Gasteiger partial charge < -0.3 is 19.1 Å². The molecule has 0 bridgehead atoms. The highest BCUT2D eigenvalue weighted by atomic mass is 32.1. The zero-order valence-electron chi connectivity index (χ0n) is 22.4. The number of rotatable bonds is 15. The van der Waals surface area contributed by atoms with Gasteiger partial charge in [0, 0.05) is 19.2 Å². The fraction of sp³-hybridized carbons (Fsp3) is 0.400. The normalized spacial score (nSPS) is 11.1. The SMILES string of the molecule is CCOC(=O)/C=C\CC(CCC(=S)N(Cc1ccccc1)Cc1ccccc1)(C(=O)OCC)C(=O)OCC. The van der Waals surface area contributed by atoms with Crippen LogP contribution < -0.4 is 0 Å². The van der Waals surface area contributed by atoms with E-state index in [1.807, 2.05) is 60.7 Å². The smallest absolute Gasteiger partial charge is 0.330 e. The molecule has 0 spiro atoms. The summed E-state index contributed by atoms with van der Waals surface area (Å²) in [7, 11) is 0. The number of allylic oxidation sites excluding steroid dienone is 1. The molecule has 0 N–H and O–H groups in total. The molecule has 8 heteroatoms. The maximum absolute atomic E-state index is 13.2. The van der Waals surface area contributed by atoms with Crippen LogP contribution in [0.25, 0.3) is 0 Å². The molecule has 0 atom stereocenters. The summed E-state index contributed by atoms with van der Waals surface area (Å²) < 4.78 is 15.6. The van der Waals surface area contributed by atoms with Gasteiger partial charge in [0.1, 0.15) is 0 Å². The van der Waals surface area contributed by atoms with Gasteiger partial charge in [0.25, 0.3) is 0 Å². The van der Waals surface area contributed by atoms with E-state index in [-0.39, 0.29) is 39.1 Å². The Morgan fingerprint density at radius 1 is 0.789 bits per heavy atom. The molecule has 0 amide bonds. The van der Waals surface area contributed by atoms with Gasteiger partial charge in [-0.3, -0.25) is 9.59 Å². The summed E-state index contributed by atoms with van der Waals surface area (Å²) >= 11 is 5.86. The van der Waals surface area contributed by atoms with Crippen LogP contribution in [0.4, 0.5) is 0 Å². The van der Waals surface area contributed by atoms with Crippen molar-refractivity contribution in [3.8, 4) is 0 Å². The molecule has 0 heterocycles. The molecule has 0 aliphatic carbocycles. The third-order valence-electron chi connectivity index (χ3n) is 5.89. The van der Waals surface area contributed by atoms with E-state index in [4.69, 9.17) is 26.4 Å². The van der Waals surface area contributed by atoms with Gasteiger partial charge in [-0.2, -0.15) is 0 Å². The Bertz CT molecular complexity index is 1010. The van der Waals surface area contributed by atoms with Gasteiger partial charge in [0.15, 0.2) is 5.41 Å². The Morgan fingerprint density at radius 3 is 1.71 bits per heavy atom. The number of benzene rings is 2. The molecule has 2 aromatic rings. The number of ether oxygens (including phenoxy) is 3. The van der Waals surface area contributed by atoms with E-state index in [2.05, 4.69) is 4.90 Å². The lowest BCUT2D eigenvalue weighted by atomic mass is 9.79. The van der Waals surface area contributed by atoms with Crippen LogP contribution in [0, 0.1) is 5.41 Å². The molecule has 0 radical (unpaired) electrons. The van der Waals surface area contributed by atoms with Crippen molar-refractivity contribution < 1.29 is 28.6 Å². The predicted molar refractivity (Wildman–Crippen MR) is 150 cm³/mol. The molecule has 0 unspecified atom stereocenters. The molecular weight excluding hydrogens is 502 g/mol. The molecule has 0 aliphatic heterocycles. The Kier molecular flexibility index (Phi) is 13.2. The van der Waals surface area contributed by atoms with E-state index < -0.39 is 23.3 Å². The van der Waals surface area contributed by atoms with Crippen molar-refractivity contribution in [1.29, 1.82) is 0 Å². The summed E-state index contributed by atoms with van der Waals surface area (Å²) in [5.41, 5.74) is 0.528. The molecule has 7 nitrogen and oxygen atoms in total. The average Bonchev–Trinajstić information content (AvgIpc) is 2.91. The van der Waals surface area contributed by atoms with E-state index >= 15 is 0 Å². The molecule has 0 aliphatic rings. The molecule has 0 aromatic heterocycles. The molecule has 0 fully saturated rings. The van der Waals surface area contributed by atoms with Crippen LogP contribution in [0.5, 0.6) is 0 Å². The monoisotopic (exact) mass is 539 g/mol. The third kappa shape index (κ3) is 9.41.